The molecule has 2 heterocycles. The topological polar surface area (TPSA) is 117 Å². The molecule has 1 aromatic carbocycles. The van der Waals surface area contributed by atoms with Crippen molar-refractivity contribution in [1.82, 2.24) is 9.55 Å². The second-order valence-corrected chi connectivity index (χ2v) is 16.6. The highest BCUT2D eigenvalue weighted by molar-refractivity contribution is 6.74. The smallest absolute Gasteiger partial charge is 0.330 e. The third-order valence-corrected chi connectivity index (χ3v) is 13.1. The standard InChI is InChI=1S/C28H38N2O7Si/c1-8-28(15-13-19-21(32)17-11-9-10-12-18(17)22(19)33)24(37-38(6,7)27(2,3)4)23(35-5)25(36-28)30-16-14-20(31)29-26(30)34/h9-12,14,16,19,23-25H,8,13,15H2,1-7H3,(H,29,31,34)/t23-,24?,25+,28-/m0/s1. The molecule has 0 saturated carbocycles. The number of H-pyrrole nitrogens is 1. The van der Waals surface area contributed by atoms with Gasteiger partial charge >= 0.3 is 5.69 Å². The first-order valence-electron chi connectivity index (χ1n) is 13.1. The van der Waals surface area contributed by atoms with Gasteiger partial charge in [-0.25, -0.2) is 4.79 Å². The lowest BCUT2D eigenvalue weighted by molar-refractivity contribution is -0.112. The van der Waals surface area contributed by atoms with E-state index in [1.165, 1.54) is 16.8 Å². The summed E-state index contributed by atoms with van der Waals surface area (Å²) in [4.78, 5) is 53.1. The van der Waals surface area contributed by atoms with E-state index in [0.717, 1.165) is 0 Å². The largest absolute Gasteiger partial charge is 0.408 e. The maximum absolute atomic E-state index is 13.1. The first kappa shape index (κ1) is 28.3. The Morgan fingerprint density at radius 2 is 1.66 bits per heavy atom. The summed E-state index contributed by atoms with van der Waals surface area (Å²) >= 11 is 0. The third kappa shape index (κ3) is 4.79. The van der Waals surface area contributed by atoms with Crippen LogP contribution in [-0.2, 0) is 13.9 Å². The van der Waals surface area contributed by atoms with E-state index in [1.54, 1.807) is 31.4 Å². The van der Waals surface area contributed by atoms with Crippen molar-refractivity contribution in [3.8, 4) is 0 Å². The van der Waals surface area contributed by atoms with E-state index >= 15 is 0 Å². The Morgan fingerprint density at radius 1 is 1.05 bits per heavy atom. The molecule has 1 saturated heterocycles. The molecule has 1 aliphatic carbocycles. The number of aromatic amines is 1. The monoisotopic (exact) mass is 542 g/mol. The first-order valence-corrected chi connectivity index (χ1v) is 16.0. The number of Topliss-reactive ketones (excluding diaryl/α,β-unsaturated/α-hetero) is 2. The van der Waals surface area contributed by atoms with Gasteiger partial charge in [0.1, 0.15) is 12.2 Å². The van der Waals surface area contributed by atoms with Crippen LogP contribution >= 0.6 is 0 Å². The average molecular weight is 543 g/mol. The van der Waals surface area contributed by atoms with Gasteiger partial charge in [0.05, 0.1) is 11.5 Å². The van der Waals surface area contributed by atoms with Gasteiger partial charge in [-0.05, 0) is 37.4 Å². The van der Waals surface area contributed by atoms with Crippen molar-refractivity contribution in [2.24, 2.45) is 5.92 Å². The molecule has 10 heteroatoms. The number of fused-ring (bicyclic) bond motifs is 1. The molecule has 38 heavy (non-hydrogen) atoms. The summed E-state index contributed by atoms with van der Waals surface area (Å²) in [6.07, 6.45) is 0.424. The molecule has 0 spiro atoms. The molecule has 206 valence electrons. The van der Waals surface area contributed by atoms with Gasteiger partial charge in [-0.2, -0.15) is 0 Å². The summed E-state index contributed by atoms with van der Waals surface area (Å²) in [6, 6.07) is 8.18. The number of hydrogen-bond donors (Lipinski definition) is 1. The predicted octanol–water partition coefficient (Wildman–Crippen LogP) is 4.10. The number of ketones is 2. The van der Waals surface area contributed by atoms with Crippen LogP contribution in [0.5, 0.6) is 0 Å². The summed E-state index contributed by atoms with van der Waals surface area (Å²) < 4.78 is 20.9. The predicted molar refractivity (Wildman–Crippen MR) is 145 cm³/mol. The highest BCUT2D eigenvalue weighted by atomic mass is 28.4. The van der Waals surface area contributed by atoms with Crippen LogP contribution < -0.4 is 11.2 Å². The van der Waals surface area contributed by atoms with E-state index in [0.29, 0.717) is 24.0 Å². The molecular formula is C28H38N2O7Si. The van der Waals surface area contributed by atoms with E-state index in [4.69, 9.17) is 13.9 Å². The molecule has 1 aromatic heterocycles. The number of carbonyl (C=O) groups excluding carboxylic acids is 2. The highest BCUT2D eigenvalue weighted by Gasteiger charge is 2.59. The molecule has 9 nitrogen and oxygen atoms in total. The Kier molecular flexibility index (Phi) is 7.57. The summed E-state index contributed by atoms with van der Waals surface area (Å²) in [5, 5.41) is -0.114. The van der Waals surface area contributed by atoms with Crippen LogP contribution in [0.3, 0.4) is 0 Å². The zero-order valence-corrected chi connectivity index (χ0v) is 24.2. The van der Waals surface area contributed by atoms with Gasteiger partial charge in [-0.15, -0.1) is 0 Å². The molecule has 4 atom stereocenters. The van der Waals surface area contributed by atoms with Gasteiger partial charge < -0.3 is 13.9 Å². The van der Waals surface area contributed by atoms with E-state index < -0.39 is 49.5 Å². The van der Waals surface area contributed by atoms with E-state index in [1.807, 2.05) is 6.92 Å². The van der Waals surface area contributed by atoms with E-state index in [2.05, 4.69) is 38.8 Å². The van der Waals surface area contributed by atoms with E-state index in [9.17, 15) is 19.2 Å². The normalized spacial score (nSPS) is 26.2. The van der Waals surface area contributed by atoms with Crippen molar-refractivity contribution in [3.63, 3.8) is 0 Å². The lowest BCUT2D eigenvalue weighted by atomic mass is 9.83. The molecule has 1 unspecified atom stereocenters. The van der Waals surface area contributed by atoms with Gasteiger partial charge in [-0.3, -0.25) is 23.9 Å². The van der Waals surface area contributed by atoms with Crippen LogP contribution in [0.4, 0.5) is 0 Å². The van der Waals surface area contributed by atoms with Crippen LogP contribution in [0.2, 0.25) is 18.1 Å². The highest BCUT2D eigenvalue weighted by Crippen LogP contribution is 2.49. The van der Waals surface area contributed by atoms with Gasteiger partial charge in [0.2, 0.25) is 0 Å². The second kappa shape index (κ2) is 10.1. The number of aromatic nitrogens is 2. The van der Waals surface area contributed by atoms with Crippen LogP contribution in [0.15, 0.2) is 46.1 Å². The van der Waals surface area contributed by atoms with Gasteiger partial charge in [0.25, 0.3) is 5.56 Å². The molecule has 1 fully saturated rings. The van der Waals surface area contributed by atoms with Crippen molar-refractivity contribution in [3.05, 3.63) is 68.5 Å². The Bertz CT molecular complexity index is 1310. The number of carbonyl (C=O) groups is 2. The van der Waals surface area contributed by atoms with Crippen LogP contribution in [0, 0.1) is 5.92 Å². The SMILES string of the molecule is CC[C@@]1(CCC2C(=O)c3ccccc3C2=O)O[C@@H](n2ccc(=O)[nH]c2=O)[C@@H](OC)C1O[Si](C)(C)C(C)(C)C. The third-order valence-electron chi connectivity index (χ3n) is 8.62. The maximum Gasteiger partial charge on any atom is 0.330 e. The fourth-order valence-electron chi connectivity index (χ4n) is 5.30. The molecule has 0 radical (unpaired) electrons. The van der Waals surface area contributed by atoms with Crippen LogP contribution in [0.25, 0.3) is 0 Å². The summed E-state index contributed by atoms with van der Waals surface area (Å²) in [5.74, 6) is -1.13. The first-order chi connectivity index (χ1) is 17.8. The number of methoxy groups -OCH3 is 1. The second-order valence-electron chi connectivity index (χ2n) is 11.8. The van der Waals surface area contributed by atoms with Crippen molar-refractivity contribution in [1.29, 1.82) is 0 Å². The van der Waals surface area contributed by atoms with Crippen LogP contribution in [0.1, 0.15) is 73.9 Å². The zero-order chi connectivity index (χ0) is 28.0. The quantitative estimate of drug-likeness (QED) is 0.394. The van der Waals surface area contributed by atoms with Crippen molar-refractivity contribution < 1.29 is 23.5 Å². The number of nitrogens with one attached hydrogen (secondary N) is 1. The molecule has 1 N–H and O–H groups in total. The average Bonchev–Trinajstić information content (AvgIpc) is 3.28. The Hall–Kier alpha value is -2.66. The molecule has 0 bridgehead atoms. The lowest BCUT2D eigenvalue weighted by Crippen LogP contribution is -2.54. The Labute approximate surface area is 223 Å². The number of hydrogen-bond acceptors (Lipinski definition) is 7. The summed E-state index contributed by atoms with van der Waals surface area (Å²) in [7, 11) is -0.817. The molecule has 0 amide bonds. The molecular weight excluding hydrogens is 504 g/mol. The van der Waals surface area contributed by atoms with Crippen molar-refractivity contribution in [2.75, 3.05) is 7.11 Å². The molecule has 2 aliphatic rings. The Balaban J connectivity index is 1.73. The lowest BCUT2D eigenvalue weighted by Gasteiger charge is -2.44. The number of benzene rings is 1. The fourth-order valence-corrected chi connectivity index (χ4v) is 6.63. The molecule has 1 aliphatic heterocycles. The number of rotatable bonds is 8. The fraction of sp³-hybridized carbons (Fsp3) is 0.571. The van der Waals surface area contributed by atoms with Gasteiger partial charge in [0, 0.05) is 30.5 Å². The van der Waals surface area contributed by atoms with Crippen LogP contribution in [-0.4, -0.2) is 54.4 Å². The number of nitrogens with zero attached hydrogens (tertiary/aromatic N) is 1. The zero-order valence-electron chi connectivity index (χ0n) is 23.2. The van der Waals surface area contributed by atoms with Gasteiger partial charge in [-0.1, -0.05) is 52.0 Å². The Morgan fingerprint density at radius 3 is 2.16 bits per heavy atom. The van der Waals surface area contributed by atoms with E-state index in [-0.39, 0.29) is 23.0 Å². The van der Waals surface area contributed by atoms with Gasteiger partial charge in [0.15, 0.2) is 26.1 Å². The number of ether oxygens (including phenoxy) is 2. The summed E-state index contributed by atoms with van der Waals surface area (Å²) in [6.45, 7) is 12.7. The minimum absolute atomic E-state index is 0.114. The maximum atomic E-state index is 13.1. The van der Waals surface area contributed by atoms with Crippen molar-refractivity contribution in [2.45, 2.75) is 89.1 Å². The minimum Gasteiger partial charge on any atom is -0.408 e. The molecule has 4 rings (SSSR count). The summed E-state index contributed by atoms with van der Waals surface area (Å²) in [5.41, 5.74) is -1.14. The minimum atomic E-state index is -2.36. The molecule has 2 aromatic rings. The van der Waals surface area contributed by atoms with Crippen molar-refractivity contribution >= 4 is 19.9 Å².